The van der Waals surface area contributed by atoms with E-state index < -0.39 is 0 Å². The van der Waals surface area contributed by atoms with E-state index in [1.165, 1.54) is 11.1 Å². The predicted octanol–water partition coefficient (Wildman–Crippen LogP) is 3.43. The Bertz CT molecular complexity index is 793. The van der Waals surface area contributed by atoms with E-state index in [9.17, 15) is 0 Å². The van der Waals surface area contributed by atoms with Crippen molar-refractivity contribution in [2.45, 2.75) is 12.5 Å². The maximum absolute atomic E-state index is 5.61. The van der Waals surface area contributed by atoms with Crippen molar-refractivity contribution < 1.29 is 18.9 Å². The third-order valence-electron chi connectivity index (χ3n) is 4.50. The second-order valence-corrected chi connectivity index (χ2v) is 6.62. The van der Waals surface area contributed by atoms with Gasteiger partial charge in [-0.25, -0.2) is 0 Å². The van der Waals surface area contributed by atoms with Gasteiger partial charge in [0.1, 0.15) is 11.5 Å². The predicted molar refractivity (Wildman–Crippen MR) is 93.4 cm³/mol. The van der Waals surface area contributed by atoms with Gasteiger partial charge in [0, 0.05) is 18.2 Å². The molecular weight excluding hydrogens is 374 g/mol. The number of fused-ring (bicyclic) bond motifs is 2. The molecule has 2 aromatic rings. The topological polar surface area (TPSA) is 49.0 Å². The summed E-state index contributed by atoms with van der Waals surface area (Å²) in [7, 11) is 3.32. The van der Waals surface area contributed by atoms with Gasteiger partial charge in [-0.1, -0.05) is 0 Å². The first-order valence-corrected chi connectivity index (χ1v) is 8.57. The third-order valence-corrected chi connectivity index (χ3v) is 5.12. The van der Waals surface area contributed by atoms with Crippen LogP contribution in [0.3, 0.4) is 0 Å². The number of rotatable bonds is 3. The Morgan fingerprint density at radius 2 is 1.75 bits per heavy atom. The lowest BCUT2D eigenvalue weighted by Gasteiger charge is -2.29. The number of methoxy groups -OCH3 is 2. The van der Waals surface area contributed by atoms with Crippen LogP contribution in [-0.2, 0) is 6.42 Å². The van der Waals surface area contributed by atoms with E-state index in [-0.39, 0.29) is 12.8 Å². The van der Waals surface area contributed by atoms with Gasteiger partial charge in [0.25, 0.3) is 0 Å². The summed E-state index contributed by atoms with van der Waals surface area (Å²) >= 11 is 3.57. The molecule has 4 rings (SSSR count). The van der Waals surface area contributed by atoms with Crippen LogP contribution < -0.4 is 24.3 Å². The van der Waals surface area contributed by atoms with Gasteiger partial charge < -0.3 is 24.3 Å². The normalized spacial score (nSPS) is 18.2. The first-order valence-electron chi connectivity index (χ1n) is 7.78. The van der Waals surface area contributed by atoms with Crippen LogP contribution in [0.15, 0.2) is 28.7 Å². The number of ether oxygens (including phenoxy) is 4. The van der Waals surface area contributed by atoms with Crippen molar-refractivity contribution in [1.82, 2.24) is 5.32 Å². The lowest BCUT2D eigenvalue weighted by atomic mass is 9.89. The van der Waals surface area contributed by atoms with E-state index in [2.05, 4.69) is 39.4 Å². The Balaban J connectivity index is 1.83. The van der Waals surface area contributed by atoms with E-state index in [0.29, 0.717) is 0 Å². The van der Waals surface area contributed by atoms with Gasteiger partial charge in [0.15, 0.2) is 11.5 Å². The van der Waals surface area contributed by atoms with Crippen molar-refractivity contribution in [3.63, 3.8) is 0 Å². The van der Waals surface area contributed by atoms with Gasteiger partial charge in [-0.05, 0) is 51.7 Å². The number of hydrogen-bond donors (Lipinski definition) is 1. The summed E-state index contributed by atoms with van der Waals surface area (Å²) in [6.07, 6.45) is 0.960. The van der Waals surface area contributed by atoms with Crippen LogP contribution in [0.1, 0.15) is 22.7 Å². The van der Waals surface area contributed by atoms with Crippen LogP contribution in [0.25, 0.3) is 0 Å². The molecule has 0 bridgehead atoms. The summed E-state index contributed by atoms with van der Waals surface area (Å²) in [4.78, 5) is 0. The molecule has 2 aromatic carbocycles. The molecule has 24 heavy (non-hydrogen) atoms. The van der Waals surface area contributed by atoms with Gasteiger partial charge in [-0.3, -0.25) is 0 Å². The number of benzene rings is 2. The summed E-state index contributed by atoms with van der Waals surface area (Å²) in [5.41, 5.74) is 3.53. The first kappa shape index (κ1) is 15.6. The Morgan fingerprint density at radius 1 is 1.00 bits per heavy atom. The molecule has 0 aromatic heterocycles. The van der Waals surface area contributed by atoms with Gasteiger partial charge in [-0.2, -0.15) is 0 Å². The molecule has 0 spiro atoms. The second-order valence-electron chi connectivity index (χ2n) is 5.77. The molecule has 1 N–H and O–H groups in total. The standard InChI is InChI=1S/C18H18BrNO4/c1-21-14-8-15(22-2)13(19)6-12(14)18-11-7-17-16(23-9-24-17)5-10(11)3-4-20-18/h5-8,18,20H,3-4,9H2,1-2H3. The van der Waals surface area contributed by atoms with Gasteiger partial charge in [0.2, 0.25) is 6.79 Å². The minimum atomic E-state index is 0.0282. The number of halogens is 1. The summed E-state index contributed by atoms with van der Waals surface area (Å²) in [6.45, 7) is 1.18. The number of hydrogen-bond acceptors (Lipinski definition) is 5. The lowest BCUT2D eigenvalue weighted by molar-refractivity contribution is 0.174. The molecule has 126 valence electrons. The summed E-state index contributed by atoms with van der Waals surface area (Å²) < 4.78 is 22.9. The molecule has 0 fully saturated rings. The van der Waals surface area contributed by atoms with E-state index in [0.717, 1.165) is 46.0 Å². The molecule has 0 saturated heterocycles. The summed E-state index contributed by atoms with van der Waals surface area (Å²) in [6, 6.07) is 8.15. The summed E-state index contributed by atoms with van der Waals surface area (Å²) in [5, 5.41) is 3.58. The SMILES string of the molecule is COc1cc(OC)c(C2NCCc3cc4c(cc32)OCO4)cc1Br. The van der Waals surface area contributed by atoms with Crippen molar-refractivity contribution in [3.8, 4) is 23.0 Å². The van der Waals surface area contributed by atoms with Crippen molar-refractivity contribution in [2.24, 2.45) is 0 Å². The molecule has 6 heteroatoms. The fraction of sp³-hybridized carbons (Fsp3) is 0.333. The van der Waals surface area contributed by atoms with Crippen molar-refractivity contribution >= 4 is 15.9 Å². The zero-order valence-corrected chi connectivity index (χ0v) is 15.1. The molecule has 5 nitrogen and oxygen atoms in total. The Morgan fingerprint density at radius 3 is 2.50 bits per heavy atom. The maximum atomic E-state index is 5.61. The largest absolute Gasteiger partial charge is 0.496 e. The smallest absolute Gasteiger partial charge is 0.231 e. The Labute approximate surface area is 149 Å². The molecule has 2 heterocycles. The van der Waals surface area contributed by atoms with Crippen LogP contribution in [0.4, 0.5) is 0 Å². The molecule has 0 amide bonds. The zero-order chi connectivity index (χ0) is 16.7. The van der Waals surface area contributed by atoms with E-state index in [4.69, 9.17) is 18.9 Å². The quantitative estimate of drug-likeness (QED) is 0.868. The van der Waals surface area contributed by atoms with Crippen LogP contribution in [-0.4, -0.2) is 27.6 Å². The van der Waals surface area contributed by atoms with E-state index in [1.807, 2.05) is 6.07 Å². The monoisotopic (exact) mass is 391 g/mol. The molecule has 1 atom stereocenters. The minimum absolute atomic E-state index is 0.0282. The van der Waals surface area contributed by atoms with Crippen LogP contribution in [0.5, 0.6) is 23.0 Å². The molecule has 0 aliphatic carbocycles. The first-order chi connectivity index (χ1) is 11.7. The van der Waals surface area contributed by atoms with E-state index >= 15 is 0 Å². The Kier molecular flexibility index (Phi) is 4.02. The van der Waals surface area contributed by atoms with Crippen molar-refractivity contribution in [3.05, 3.63) is 45.4 Å². The highest BCUT2D eigenvalue weighted by Crippen LogP contribution is 2.43. The highest BCUT2D eigenvalue weighted by atomic mass is 79.9. The third kappa shape index (κ3) is 2.50. The molecule has 2 aliphatic heterocycles. The molecule has 1 unspecified atom stereocenters. The number of nitrogens with one attached hydrogen (secondary N) is 1. The van der Waals surface area contributed by atoms with E-state index in [1.54, 1.807) is 14.2 Å². The Hall–Kier alpha value is -1.92. The van der Waals surface area contributed by atoms with Crippen LogP contribution >= 0.6 is 15.9 Å². The minimum Gasteiger partial charge on any atom is -0.496 e. The summed E-state index contributed by atoms with van der Waals surface area (Å²) in [5.74, 6) is 3.17. The average Bonchev–Trinajstić information content (AvgIpc) is 3.06. The fourth-order valence-corrected chi connectivity index (χ4v) is 3.86. The highest BCUT2D eigenvalue weighted by Gasteiger charge is 2.28. The molecule has 0 saturated carbocycles. The molecular formula is C18H18BrNO4. The zero-order valence-electron chi connectivity index (χ0n) is 13.5. The van der Waals surface area contributed by atoms with Crippen LogP contribution in [0.2, 0.25) is 0 Å². The maximum Gasteiger partial charge on any atom is 0.231 e. The molecule has 2 aliphatic rings. The lowest BCUT2D eigenvalue weighted by Crippen LogP contribution is -2.30. The van der Waals surface area contributed by atoms with Crippen LogP contribution in [0, 0.1) is 0 Å². The van der Waals surface area contributed by atoms with Gasteiger partial charge in [0.05, 0.1) is 24.7 Å². The van der Waals surface area contributed by atoms with Crippen molar-refractivity contribution in [1.29, 1.82) is 0 Å². The van der Waals surface area contributed by atoms with Gasteiger partial charge in [-0.15, -0.1) is 0 Å². The highest BCUT2D eigenvalue weighted by molar-refractivity contribution is 9.10. The average molecular weight is 392 g/mol. The molecule has 0 radical (unpaired) electrons. The van der Waals surface area contributed by atoms with Crippen molar-refractivity contribution in [2.75, 3.05) is 27.6 Å². The fourth-order valence-electron chi connectivity index (χ4n) is 3.33. The second kappa shape index (κ2) is 6.18. The van der Waals surface area contributed by atoms with Gasteiger partial charge >= 0.3 is 0 Å².